The summed E-state index contributed by atoms with van der Waals surface area (Å²) in [7, 11) is 0. The Kier molecular flexibility index (Phi) is 3.11. The number of hydrogen-bond donors (Lipinski definition) is 1. The maximum atomic E-state index is 12.4. The van der Waals surface area contributed by atoms with E-state index in [4.69, 9.17) is 0 Å². The summed E-state index contributed by atoms with van der Waals surface area (Å²) in [6.45, 7) is 7.97. The van der Waals surface area contributed by atoms with Crippen molar-refractivity contribution in [1.29, 1.82) is 0 Å². The van der Waals surface area contributed by atoms with Gasteiger partial charge in [-0.2, -0.15) is 0 Å². The van der Waals surface area contributed by atoms with Crippen molar-refractivity contribution in [2.45, 2.75) is 39.7 Å². The van der Waals surface area contributed by atoms with Crippen LogP contribution < -0.4 is 5.56 Å². The lowest BCUT2D eigenvalue weighted by Gasteiger charge is -2.18. The minimum Gasteiger partial charge on any atom is -0.508 e. The Bertz CT molecular complexity index is 642. The Hall–Kier alpha value is -1.84. The first kappa shape index (κ1) is 12.6. The van der Waals surface area contributed by atoms with Crippen LogP contribution in [-0.2, 0) is 0 Å². The van der Waals surface area contributed by atoms with Crippen LogP contribution in [0.4, 0.5) is 0 Å². The van der Waals surface area contributed by atoms with Gasteiger partial charge in [-0.1, -0.05) is 13.8 Å². The summed E-state index contributed by atoms with van der Waals surface area (Å²) >= 11 is 0. The fourth-order valence-electron chi connectivity index (χ4n) is 2.11. The van der Waals surface area contributed by atoms with Crippen LogP contribution in [0.5, 0.6) is 5.75 Å². The molecule has 2 rings (SSSR count). The van der Waals surface area contributed by atoms with E-state index in [-0.39, 0.29) is 23.3 Å². The van der Waals surface area contributed by atoms with E-state index in [2.05, 4.69) is 4.98 Å². The van der Waals surface area contributed by atoms with Crippen LogP contribution in [0.2, 0.25) is 0 Å². The molecule has 0 saturated heterocycles. The second kappa shape index (κ2) is 4.44. The Balaban J connectivity index is 2.90. The van der Waals surface area contributed by atoms with Gasteiger partial charge < -0.3 is 5.11 Å². The summed E-state index contributed by atoms with van der Waals surface area (Å²) in [5, 5.41) is 10.0. The maximum Gasteiger partial charge on any atom is 0.261 e. The topological polar surface area (TPSA) is 55.1 Å². The number of fused-ring (bicyclic) bond motifs is 1. The highest BCUT2D eigenvalue weighted by Crippen LogP contribution is 2.20. The number of aromatic nitrogens is 2. The van der Waals surface area contributed by atoms with Gasteiger partial charge in [0.05, 0.1) is 10.9 Å². The summed E-state index contributed by atoms with van der Waals surface area (Å²) < 4.78 is 1.73. The molecule has 1 heterocycles. The highest BCUT2D eigenvalue weighted by Gasteiger charge is 2.15. The van der Waals surface area contributed by atoms with Gasteiger partial charge in [-0.05, 0) is 26.0 Å². The predicted octanol–water partition coefficient (Wildman–Crippen LogP) is 2.81. The van der Waals surface area contributed by atoms with Crippen molar-refractivity contribution in [3.05, 3.63) is 34.4 Å². The fourth-order valence-corrected chi connectivity index (χ4v) is 2.11. The standard InChI is InChI=1S/C14H18N2O2/c1-8(2)13-15-12-7-10(17)5-6-11(12)14(18)16(13)9(3)4/h5-9,17H,1-4H3. The van der Waals surface area contributed by atoms with Gasteiger partial charge in [-0.25, -0.2) is 4.98 Å². The maximum absolute atomic E-state index is 12.4. The molecule has 0 aliphatic rings. The van der Waals surface area contributed by atoms with E-state index in [0.29, 0.717) is 10.9 Å². The average molecular weight is 246 g/mol. The molecule has 4 heteroatoms. The minimum atomic E-state index is -0.0429. The molecule has 0 saturated carbocycles. The third-order valence-electron chi connectivity index (χ3n) is 2.95. The predicted molar refractivity (Wildman–Crippen MR) is 72.1 cm³/mol. The van der Waals surface area contributed by atoms with Crippen LogP contribution in [0.15, 0.2) is 23.0 Å². The van der Waals surface area contributed by atoms with E-state index in [1.54, 1.807) is 10.6 Å². The first-order valence-corrected chi connectivity index (χ1v) is 6.17. The van der Waals surface area contributed by atoms with E-state index in [1.807, 2.05) is 27.7 Å². The first-order chi connectivity index (χ1) is 8.41. The molecule has 2 aromatic rings. The molecule has 0 radical (unpaired) electrons. The van der Waals surface area contributed by atoms with E-state index < -0.39 is 0 Å². The van der Waals surface area contributed by atoms with Gasteiger partial charge >= 0.3 is 0 Å². The molecule has 0 unspecified atom stereocenters. The molecule has 0 amide bonds. The van der Waals surface area contributed by atoms with Crippen LogP contribution in [0, 0.1) is 0 Å². The first-order valence-electron chi connectivity index (χ1n) is 6.17. The van der Waals surface area contributed by atoms with Gasteiger partial charge in [0, 0.05) is 18.0 Å². The van der Waals surface area contributed by atoms with Crippen LogP contribution in [0.3, 0.4) is 0 Å². The SMILES string of the molecule is CC(C)c1nc2cc(O)ccc2c(=O)n1C(C)C. The number of benzene rings is 1. The van der Waals surface area contributed by atoms with Gasteiger partial charge in [-0.15, -0.1) is 0 Å². The molecule has 18 heavy (non-hydrogen) atoms. The second-order valence-electron chi connectivity index (χ2n) is 5.10. The highest BCUT2D eigenvalue weighted by molar-refractivity contribution is 5.79. The summed E-state index contributed by atoms with van der Waals surface area (Å²) in [6.07, 6.45) is 0. The monoisotopic (exact) mass is 246 g/mol. The zero-order valence-corrected chi connectivity index (χ0v) is 11.1. The van der Waals surface area contributed by atoms with Crippen LogP contribution in [0.25, 0.3) is 10.9 Å². The third-order valence-corrected chi connectivity index (χ3v) is 2.95. The summed E-state index contributed by atoms with van der Waals surface area (Å²) in [6, 6.07) is 4.75. The number of aromatic hydroxyl groups is 1. The molecular weight excluding hydrogens is 228 g/mol. The molecule has 0 aliphatic heterocycles. The third kappa shape index (κ3) is 1.98. The summed E-state index contributed by atoms with van der Waals surface area (Å²) in [5.41, 5.74) is 0.513. The van der Waals surface area contributed by atoms with Crippen molar-refractivity contribution >= 4 is 10.9 Å². The molecule has 0 bridgehead atoms. The Morgan fingerprint density at radius 3 is 2.44 bits per heavy atom. The van der Waals surface area contributed by atoms with E-state index in [1.165, 1.54) is 12.1 Å². The second-order valence-corrected chi connectivity index (χ2v) is 5.10. The minimum absolute atomic E-state index is 0.0429. The summed E-state index contributed by atoms with van der Waals surface area (Å²) in [5.74, 6) is 1.05. The number of hydrogen-bond acceptors (Lipinski definition) is 3. The fraction of sp³-hybridized carbons (Fsp3) is 0.429. The number of phenolic OH excluding ortho intramolecular Hbond substituents is 1. The Morgan fingerprint density at radius 1 is 1.22 bits per heavy atom. The smallest absolute Gasteiger partial charge is 0.261 e. The molecule has 4 nitrogen and oxygen atoms in total. The lowest BCUT2D eigenvalue weighted by Crippen LogP contribution is -2.27. The number of phenols is 1. The largest absolute Gasteiger partial charge is 0.508 e. The van der Waals surface area contributed by atoms with Crippen molar-refractivity contribution in [2.24, 2.45) is 0 Å². The Morgan fingerprint density at radius 2 is 1.89 bits per heavy atom. The zero-order chi connectivity index (χ0) is 13.4. The molecule has 0 spiro atoms. The highest BCUT2D eigenvalue weighted by atomic mass is 16.3. The number of nitrogens with zero attached hydrogens (tertiary/aromatic N) is 2. The van der Waals surface area contributed by atoms with Gasteiger partial charge in [0.2, 0.25) is 0 Å². The molecule has 1 N–H and O–H groups in total. The van der Waals surface area contributed by atoms with Gasteiger partial charge in [0.25, 0.3) is 5.56 Å². The molecule has 1 aromatic heterocycles. The molecule has 1 aromatic carbocycles. The summed E-state index contributed by atoms with van der Waals surface area (Å²) in [4.78, 5) is 17.0. The number of rotatable bonds is 2. The van der Waals surface area contributed by atoms with Crippen molar-refractivity contribution in [1.82, 2.24) is 9.55 Å². The molecular formula is C14H18N2O2. The van der Waals surface area contributed by atoms with Gasteiger partial charge in [0.1, 0.15) is 11.6 Å². The van der Waals surface area contributed by atoms with Crippen LogP contribution in [0.1, 0.15) is 45.5 Å². The van der Waals surface area contributed by atoms with Crippen LogP contribution >= 0.6 is 0 Å². The zero-order valence-electron chi connectivity index (χ0n) is 11.1. The molecule has 0 aliphatic carbocycles. The van der Waals surface area contributed by atoms with Gasteiger partial charge in [0.15, 0.2) is 0 Å². The van der Waals surface area contributed by atoms with E-state index >= 15 is 0 Å². The van der Waals surface area contributed by atoms with Crippen LogP contribution in [-0.4, -0.2) is 14.7 Å². The Labute approximate surface area is 106 Å². The lowest BCUT2D eigenvalue weighted by atomic mass is 10.1. The molecule has 0 fully saturated rings. The molecule has 0 atom stereocenters. The molecule has 96 valence electrons. The van der Waals surface area contributed by atoms with Crippen molar-refractivity contribution in [2.75, 3.05) is 0 Å². The van der Waals surface area contributed by atoms with Gasteiger partial charge in [-0.3, -0.25) is 9.36 Å². The lowest BCUT2D eigenvalue weighted by molar-refractivity contribution is 0.475. The van der Waals surface area contributed by atoms with Crippen molar-refractivity contribution < 1.29 is 5.11 Å². The van der Waals surface area contributed by atoms with E-state index in [0.717, 1.165) is 5.82 Å². The van der Waals surface area contributed by atoms with Crippen molar-refractivity contribution in [3.63, 3.8) is 0 Å². The average Bonchev–Trinajstić information content (AvgIpc) is 2.27. The quantitative estimate of drug-likeness (QED) is 0.886. The van der Waals surface area contributed by atoms with E-state index in [9.17, 15) is 9.90 Å². The van der Waals surface area contributed by atoms with Crippen molar-refractivity contribution in [3.8, 4) is 5.75 Å². The normalized spacial score (nSPS) is 11.7.